The second-order valence-corrected chi connectivity index (χ2v) is 11.0. The minimum Gasteiger partial charge on any atom is -0.298 e. The maximum absolute atomic E-state index is 12.8. The quantitative estimate of drug-likeness (QED) is 0.732. The van der Waals surface area contributed by atoms with Gasteiger partial charge in [-0.15, -0.1) is 11.3 Å². The maximum Gasteiger partial charge on any atom is 0.257 e. The lowest BCUT2D eigenvalue weighted by molar-refractivity contribution is 0.102. The van der Waals surface area contributed by atoms with Crippen molar-refractivity contribution in [3.63, 3.8) is 0 Å². The van der Waals surface area contributed by atoms with E-state index in [0.29, 0.717) is 29.7 Å². The number of nitrogens with zero attached hydrogens (tertiary/aromatic N) is 3. The molecule has 7 nitrogen and oxygen atoms in total. The molecule has 0 radical (unpaired) electrons. The van der Waals surface area contributed by atoms with Crippen LogP contribution in [-0.2, 0) is 16.6 Å². The molecule has 1 unspecified atom stereocenters. The maximum atomic E-state index is 12.8. The molecule has 3 heterocycles. The molecule has 9 heteroatoms. The van der Waals surface area contributed by atoms with Gasteiger partial charge in [-0.1, -0.05) is 13.0 Å². The van der Waals surface area contributed by atoms with E-state index in [4.69, 9.17) is 0 Å². The predicted molar refractivity (Wildman–Crippen MR) is 118 cm³/mol. The fraction of sp³-hybridized carbons (Fsp3) is 0.524. The first-order chi connectivity index (χ1) is 14.4. The summed E-state index contributed by atoms with van der Waals surface area (Å²) in [6.45, 7) is 6.31. The molecular formula is C21H28N4O3S2. The number of rotatable bonds is 6. The van der Waals surface area contributed by atoms with E-state index in [1.807, 2.05) is 5.38 Å². The van der Waals surface area contributed by atoms with Gasteiger partial charge in [0.15, 0.2) is 5.13 Å². The van der Waals surface area contributed by atoms with Crippen LogP contribution in [0.15, 0.2) is 34.5 Å². The van der Waals surface area contributed by atoms with E-state index in [1.54, 1.807) is 18.2 Å². The number of hydrogen-bond donors (Lipinski definition) is 1. The highest BCUT2D eigenvalue weighted by molar-refractivity contribution is 7.89. The van der Waals surface area contributed by atoms with Crippen molar-refractivity contribution in [1.29, 1.82) is 0 Å². The van der Waals surface area contributed by atoms with Gasteiger partial charge >= 0.3 is 0 Å². The molecule has 0 aliphatic carbocycles. The molecular weight excluding hydrogens is 420 g/mol. The third-order valence-electron chi connectivity index (χ3n) is 5.70. The Morgan fingerprint density at radius 1 is 1.23 bits per heavy atom. The van der Waals surface area contributed by atoms with Gasteiger partial charge < -0.3 is 0 Å². The fourth-order valence-electron chi connectivity index (χ4n) is 4.14. The molecule has 162 valence electrons. The summed E-state index contributed by atoms with van der Waals surface area (Å²) in [6, 6.07) is 6.24. The normalized spacial score (nSPS) is 21.0. The number of carbonyl (C=O) groups excluding carboxylic acids is 1. The van der Waals surface area contributed by atoms with Crippen LogP contribution < -0.4 is 5.32 Å². The van der Waals surface area contributed by atoms with E-state index in [0.717, 1.165) is 38.2 Å². The Balaban J connectivity index is 1.41. The van der Waals surface area contributed by atoms with Gasteiger partial charge in [0, 0.05) is 37.1 Å². The minimum atomic E-state index is -3.55. The summed E-state index contributed by atoms with van der Waals surface area (Å²) < 4.78 is 27.0. The lowest BCUT2D eigenvalue weighted by Gasteiger charge is -2.30. The van der Waals surface area contributed by atoms with Gasteiger partial charge in [-0.3, -0.25) is 15.0 Å². The monoisotopic (exact) mass is 448 g/mol. The van der Waals surface area contributed by atoms with Gasteiger partial charge in [0.05, 0.1) is 10.6 Å². The Morgan fingerprint density at radius 2 is 2.03 bits per heavy atom. The van der Waals surface area contributed by atoms with Crippen LogP contribution in [0.3, 0.4) is 0 Å². The highest BCUT2D eigenvalue weighted by Gasteiger charge is 2.27. The SMILES string of the molecule is CC1CCCN(Cc2csc(NC(=O)c3cccc(S(=O)(=O)N4CCCC4)c3)n2)C1. The van der Waals surface area contributed by atoms with Gasteiger partial charge in [0.25, 0.3) is 5.91 Å². The van der Waals surface area contributed by atoms with Crippen molar-refractivity contribution in [3.8, 4) is 0 Å². The summed E-state index contributed by atoms with van der Waals surface area (Å²) >= 11 is 1.40. The topological polar surface area (TPSA) is 82.6 Å². The summed E-state index contributed by atoms with van der Waals surface area (Å²) in [7, 11) is -3.55. The standard InChI is InChI=1S/C21H28N4O3S2/c1-16-6-5-9-24(13-16)14-18-15-29-21(22-18)23-20(26)17-7-4-8-19(12-17)30(27,28)25-10-2-3-11-25/h4,7-8,12,15-16H,2-3,5-6,9-11,13-14H2,1H3,(H,22,23,26). The van der Waals surface area contributed by atoms with Gasteiger partial charge in [-0.05, 0) is 56.3 Å². The van der Waals surface area contributed by atoms with E-state index in [9.17, 15) is 13.2 Å². The number of thiazole rings is 1. The van der Waals surface area contributed by atoms with Crippen molar-refractivity contribution in [1.82, 2.24) is 14.2 Å². The van der Waals surface area contributed by atoms with E-state index in [1.165, 1.54) is 34.6 Å². The average Bonchev–Trinajstić information content (AvgIpc) is 3.41. The number of nitrogens with one attached hydrogen (secondary N) is 1. The Bertz CT molecular complexity index is 999. The van der Waals surface area contributed by atoms with Crippen molar-refractivity contribution in [2.45, 2.75) is 44.0 Å². The number of carbonyl (C=O) groups is 1. The Labute approximate surface area is 182 Å². The molecule has 1 atom stereocenters. The first-order valence-corrected chi connectivity index (χ1v) is 12.8. The summed E-state index contributed by atoms with van der Waals surface area (Å²) in [4.78, 5) is 19.8. The molecule has 30 heavy (non-hydrogen) atoms. The van der Waals surface area contributed by atoms with Crippen molar-refractivity contribution in [3.05, 3.63) is 40.9 Å². The predicted octanol–water partition coefficient (Wildman–Crippen LogP) is 3.41. The summed E-state index contributed by atoms with van der Waals surface area (Å²) in [5, 5.41) is 5.32. The third kappa shape index (κ3) is 4.91. The van der Waals surface area contributed by atoms with E-state index >= 15 is 0 Å². The first-order valence-electron chi connectivity index (χ1n) is 10.5. The van der Waals surface area contributed by atoms with E-state index in [-0.39, 0.29) is 10.8 Å². The number of anilines is 1. The van der Waals surface area contributed by atoms with E-state index in [2.05, 4.69) is 22.1 Å². The van der Waals surface area contributed by atoms with Crippen molar-refractivity contribution in [2.75, 3.05) is 31.5 Å². The summed E-state index contributed by atoms with van der Waals surface area (Å²) in [6.07, 6.45) is 4.25. The van der Waals surface area contributed by atoms with Gasteiger partial charge in [0.2, 0.25) is 10.0 Å². The first kappa shape index (κ1) is 21.4. The number of likely N-dealkylation sites (tertiary alicyclic amines) is 1. The van der Waals surface area contributed by atoms with Crippen LogP contribution in [0.1, 0.15) is 48.7 Å². The molecule has 2 aliphatic rings. The number of hydrogen-bond acceptors (Lipinski definition) is 6. The Morgan fingerprint density at radius 3 is 2.80 bits per heavy atom. The zero-order valence-corrected chi connectivity index (χ0v) is 18.8. The molecule has 1 aromatic carbocycles. The number of benzene rings is 1. The van der Waals surface area contributed by atoms with Gasteiger partial charge in [-0.2, -0.15) is 4.31 Å². The van der Waals surface area contributed by atoms with Crippen LogP contribution in [0.4, 0.5) is 5.13 Å². The molecule has 2 saturated heterocycles. The molecule has 0 spiro atoms. The molecule has 1 aromatic heterocycles. The van der Waals surface area contributed by atoms with Crippen molar-refractivity contribution in [2.24, 2.45) is 5.92 Å². The molecule has 4 rings (SSSR count). The lowest BCUT2D eigenvalue weighted by Crippen LogP contribution is -2.33. The average molecular weight is 449 g/mol. The molecule has 0 bridgehead atoms. The Hall–Kier alpha value is -1.81. The van der Waals surface area contributed by atoms with E-state index < -0.39 is 10.0 Å². The molecule has 1 amide bonds. The number of piperidine rings is 1. The Kier molecular flexibility index (Phi) is 6.52. The van der Waals surface area contributed by atoms with Gasteiger partial charge in [0.1, 0.15) is 0 Å². The summed E-state index contributed by atoms with van der Waals surface area (Å²) in [5.41, 5.74) is 1.27. The van der Waals surface area contributed by atoms with Crippen LogP contribution in [0.25, 0.3) is 0 Å². The molecule has 2 aromatic rings. The highest BCUT2D eigenvalue weighted by atomic mass is 32.2. The lowest BCUT2D eigenvalue weighted by atomic mass is 10.0. The van der Waals surface area contributed by atoms with Crippen LogP contribution in [0, 0.1) is 5.92 Å². The summed E-state index contributed by atoms with van der Waals surface area (Å²) in [5.74, 6) is 0.363. The van der Waals surface area contributed by atoms with Crippen LogP contribution in [-0.4, -0.2) is 54.7 Å². The number of aromatic nitrogens is 1. The van der Waals surface area contributed by atoms with Crippen LogP contribution >= 0.6 is 11.3 Å². The number of amides is 1. The van der Waals surface area contributed by atoms with Gasteiger partial charge in [-0.25, -0.2) is 13.4 Å². The van der Waals surface area contributed by atoms with Crippen molar-refractivity contribution >= 4 is 32.4 Å². The molecule has 1 N–H and O–H groups in total. The van der Waals surface area contributed by atoms with Crippen LogP contribution in [0.2, 0.25) is 0 Å². The smallest absolute Gasteiger partial charge is 0.257 e. The third-order valence-corrected chi connectivity index (χ3v) is 8.40. The molecule has 0 saturated carbocycles. The minimum absolute atomic E-state index is 0.163. The number of sulfonamides is 1. The second kappa shape index (κ2) is 9.13. The highest BCUT2D eigenvalue weighted by Crippen LogP contribution is 2.24. The fourth-order valence-corrected chi connectivity index (χ4v) is 6.40. The van der Waals surface area contributed by atoms with Crippen LogP contribution in [0.5, 0.6) is 0 Å². The van der Waals surface area contributed by atoms with Crippen molar-refractivity contribution < 1.29 is 13.2 Å². The largest absolute Gasteiger partial charge is 0.298 e. The zero-order valence-electron chi connectivity index (χ0n) is 17.2. The second-order valence-electron chi connectivity index (χ2n) is 8.22. The molecule has 2 fully saturated rings. The zero-order chi connectivity index (χ0) is 21.1. The molecule has 2 aliphatic heterocycles.